The largest absolute Gasteiger partial charge is 0.456 e. The molecule has 10 nitrogen and oxygen atoms in total. The lowest BCUT2D eigenvalue weighted by Gasteiger charge is -2.37. The number of ether oxygens (including phenoxy) is 4. The summed E-state index contributed by atoms with van der Waals surface area (Å²) in [5.41, 5.74) is 5.49. The normalized spacial score (nSPS) is 24.6. The number of hydrogen-bond acceptors (Lipinski definition) is 8. The summed E-state index contributed by atoms with van der Waals surface area (Å²) < 4.78 is 22.9. The highest BCUT2D eigenvalue weighted by Gasteiger charge is 2.51. The molecule has 1 fully saturated rings. The summed E-state index contributed by atoms with van der Waals surface area (Å²) in [4.78, 5) is 46.0. The van der Waals surface area contributed by atoms with Gasteiger partial charge in [-0.15, -0.1) is 0 Å². The lowest BCUT2D eigenvalue weighted by molar-refractivity contribution is -0.774. The number of aromatic nitrogens is 1. The summed E-state index contributed by atoms with van der Waals surface area (Å²) in [5.74, 6) is -2.56. The van der Waals surface area contributed by atoms with Crippen molar-refractivity contribution in [3.63, 3.8) is 0 Å². The first-order valence-electron chi connectivity index (χ1n) is 8.13. The van der Waals surface area contributed by atoms with Gasteiger partial charge in [0, 0.05) is 26.8 Å². The predicted molar refractivity (Wildman–Crippen MR) is 86.8 cm³/mol. The van der Waals surface area contributed by atoms with Gasteiger partial charge in [0.15, 0.2) is 24.6 Å². The zero-order chi connectivity index (χ0) is 20.1. The minimum Gasteiger partial charge on any atom is -0.456 e. The molecule has 0 saturated carbocycles. The zero-order valence-electron chi connectivity index (χ0n) is 15.1. The van der Waals surface area contributed by atoms with Crippen LogP contribution in [0, 0.1) is 0 Å². The van der Waals surface area contributed by atoms with Crippen LogP contribution in [0.15, 0.2) is 24.5 Å². The van der Waals surface area contributed by atoms with Crippen LogP contribution in [-0.2, 0) is 33.3 Å². The standard InChI is InChI=1S/C17H20N2O8/c1-9(20)25-13-8-24-17(19-6-4-5-12(7-19)16(18)23)15(27-11(3)22)14(13)26-10(2)21/h4-7,13-15,17H,8H2,1-3H3,(H-,18,23)/p+1/t13-,14-,15-,17+/m1/s1. The molecule has 2 N–H and O–H groups in total. The van der Waals surface area contributed by atoms with Gasteiger partial charge < -0.3 is 24.7 Å². The molecule has 2 heterocycles. The Kier molecular flexibility index (Phi) is 6.45. The number of rotatable bonds is 5. The van der Waals surface area contributed by atoms with Gasteiger partial charge >= 0.3 is 24.1 Å². The maximum Gasteiger partial charge on any atom is 0.304 e. The molecule has 4 atom stereocenters. The van der Waals surface area contributed by atoms with E-state index in [9.17, 15) is 19.2 Å². The van der Waals surface area contributed by atoms with Crippen LogP contribution in [0.1, 0.15) is 37.4 Å². The second-order valence-corrected chi connectivity index (χ2v) is 5.92. The Labute approximate surface area is 155 Å². The molecule has 1 saturated heterocycles. The van der Waals surface area contributed by atoms with Crippen molar-refractivity contribution in [2.45, 2.75) is 45.3 Å². The number of esters is 3. The van der Waals surface area contributed by atoms with Crippen molar-refractivity contribution in [3.05, 3.63) is 30.1 Å². The minimum atomic E-state index is -1.13. The number of nitrogens with two attached hydrogens (primary N) is 1. The highest BCUT2D eigenvalue weighted by molar-refractivity contribution is 5.92. The first-order valence-corrected chi connectivity index (χ1v) is 8.13. The number of primary amides is 1. The van der Waals surface area contributed by atoms with Crippen molar-refractivity contribution in [1.82, 2.24) is 0 Å². The third kappa shape index (κ3) is 5.23. The van der Waals surface area contributed by atoms with Crippen molar-refractivity contribution in [2.75, 3.05) is 6.61 Å². The molecule has 1 amide bonds. The number of amides is 1. The van der Waals surface area contributed by atoms with Gasteiger partial charge in [0.1, 0.15) is 5.56 Å². The molecule has 0 spiro atoms. The number of carbonyl (C=O) groups excluding carboxylic acids is 4. The summed E-state index contributed by atoms with van der Waals surface area (Å²) in [5, 5.41) is 0. The Morgan fingerprint density at radius 2 is 1.63 bits per heavy atom. The van der Waals surface area contributed by atoms with Gasteiger partial charge in [-0.3, -0.25) is 19.2 Å². The summed E-state index contributed by atoms with van der Waals surface area (Å²) in [7, 11) is 0. The number of nitrogens with zero attached hydrogens (tertiary/aromatic N) is 1. The van der Waals surface area contributed by atoms with Crippen molar-refractivity contribution in [1.29, 1.82) is 0 Å². The van der Waals surface area contributed by atoms with E-state index in [4.69, 9.17) is 24.7 Å². The Morgan fingerprint density at radius 1 is 1.04 bits per heavy atom. The van der Waals surface area contributed by atoms with Crippen molar-refractivity contribution < 1.29 is 42.7 Å². The molecule has 27 heavy (non-hydrogen) atoms. The van der Waals surface area contributed by atoms with Crippen molar-refractivity contribution in [2.24, 2.45) is 5.73 Å². The van der Waals surface area contributed by atoms with E-state index in [-0.39, 0.29) is 12.2 Å². The van der Waals surface area contributed by atoms with Crippen molar-refractivity contribution in [3.8, 4) is 0 Å². The van der Waals surface area contributed by atoms with Crippen LogP contribution in [0.4, 0.5) is 0 Å². The topological polar surface area (TPSA) is 135 Å². The van der Waals surface area contributed by atoms with E-state index < -0.39 is 48.4 Å². The van der Waals surface area contributed by atoms with Crippen LogP contribution >= 0.6 is 0 Å². The average molecular weight is 381 g/mol. The van der Waals surface area contributed by atoms with Gasteiger partial charge in [0.05, 0.1) is 6.61 Å². The SMILES string of the molecule is CC(=O)O[C@@H]1[C@H](OC(C)=O)[C@H](OC(C)=O)CO[C@@H]1[n+]1cccc(C(N)=O)c1. The van der Waals surface area contributed by atoms with E-state index in [1.54, 1.807) is 12.3 Å². The first-order chi connectivity index (χ1) is 12.7. The molecule has 1 aromatic heterocycles. The van der Waals surface area contributed by atoms with E-state index in [0.29, 0.717) is 0 Å². The molecule has 1 aliphatic rings. The van der Waals surface area contributed by atoms with E-state index >= 15 is 0 Å². The fourth-order valence-corrected chi connectivity index (χ4v) is 2.78. The highest BCUT2D eigenvalue weighted by atomic mass is 16.6. The molecule has 0 bridgehead atoms. The number of hydrogen-bond donors (Lipinski definition) is 1. The molecule has 10 heteroatoms. The Morgan fingerprint density at radius 3 is 2.19 bits per heavy atom. The van der Waals surface area contributed by atoms with Gasteiger partial charge in [0.25, 0.3) is 5.91 Å². The van der Waals surface area contributed by atoms with Gasteiger partial charge in [-0.2, -0.15) is 4.57 Å². The molecule has 146 valence electrons. The molecular weight excluding hydrogens is 360 g/mol. The fourth-order valence-electron chi connectivity index (χ4n) is 2.78. The quantitative estimate of drug-likeness (QED) is 0.406. The van der Waals surface area contributed by atoms with Crippen LogP contribution in [0.5, 0.6) is 0 Å². The molecule has 1 aliphatic heterocycles. The fraction of sp³-hybridized carbons (Fsp3) is 0.471. The van der Waals surface area contributed by atoms with Crippen LogP contribution in [-0.4, -0.2) is 48.7 Å². The summed E-state index contributed by atoms with van der Waals surface area (Å²) in [6.45, 7) is 3.44. The lowest BCUT2D eigenvalue weighted by Crippen LogP contribution is -2.61. The average Bonchev–Trinajstić information content (AvgIpc) is 2.56. The first kappa shape index (κ1) is 20.3. The van der Waals surface area contributed by atoms with E-state index in [1.807, 2.05) is 0 Å². The lowest BCUT2D eigenvalue weighted by atomic mass is 10.0. The van der Waals surface area contributed by atoms with Gasteiger partial charge in [-0.1, -0.05) is 0 Å². The van der Waals surface area contributed by atoms with E-state index in [2.05, 4.69) is 0 Å². The van der Waals surface area contributed by atoms with Crippen molar-refractivity contribution >= 4 is 23.8 Å². The highest BCUT2D eigenvalue weighted by Crippen LogP contribution is 2.27. The maximum atomic E-state index is 11.6. The third-order valence-corrected chi connectivity index (χ3v) is 3.72. The van der Waals surface area contributed by atoms with Crippen LogP contribution in [0.25, 0.3) is 0 Å². The number of pyridine rings is 1. The maximum absolute atomic E-state index is 11.6. The Bertz CT molecular complexity index is 750. The van der Waals surface area contributed by atoms with E-state index in [0.717, 1.165) is 0 Å². The molecular formula is C17H21N2O8+. The second kappa shape index (κ2) is 8.58. The summed E-state index contributed by atoms with van der Waals surface area (Å²) in [6, 6.07) is 3.07. The number of carbonyl (C=O) groups is 4. The molecule has 0 aliphatic carbocycles. The summed E-state index contributed by atoms with van der Waals surface area (Å²) in [6.07, 6.45) is -1.14. The summed E-state index contributed by atoms with van der Waals surface area (Å²) >= 11 is 0. The van der Waals surface area contributed by atoms with Crippen LogP contribution in [0.3, 0.4) is 0 Å². The van der Waals surface area contributed by atoms with Crippen LogP contribution < -0.4 is 10.3 Å². The van der Waals surface area contributed by atoms with Crippen LogP contribution in [0.2, 0.25) is 0 Å². The molecule has 1 aromatic rings. The monoisotopic (exact) mass is 381 g/mol. The van der Waals surface area contributed by atoms with Gasteiger partial charge in [-0.05, 0) is 6.07 Å². The molecule has 2 rings (SSSR count). The Balaban J connectivity index is 2.42. The molecule has 0 radical (unpaired) electrons. The third-order valence-electron chi connectivity index (χ3n) is 3.72. The van der Waals surface area contributed by atoms with E-state index in [1.165, 1.54) is 37.6 Å². The second-order valence-electron chi connectivity index (χ2n) is 5.92. The Hall–Kier alpha value is -3.01. The predicted octanol–water partition coefficient (Wildman–Crippen LogP) is -0.603. The molecule has 0 unspecified atom stereocenters. The minimum absolute atomic E-state index is 0.117. The zero-order valence-corrected chi connectivity index (χ0v) is 15.1. The smallest absolute Gasteiger partial charge is 0.304 e. The van der Waals surface area contributed by atoms with Gasteiger partial charge in [0.2, 0.25) is 6.10 Å². The molecule has 0 aromatic carbocycles. The van der Waals surface area contributed by atoms with Gasteiger partial charge in [-0.25, -0.2) is 0 Å².